The Bertz CT molecular complexity index is 1320. The maximum absolute atomic E-state index is 14.9. The molecule has 39 heavy (non-hydrogen) atoms. The van der Waals surface area contributed by atoms with Crippen LogP contribution in [-0.4, -0.2) is 75.7 Å². The summed E-state index contributed by atoms with van der Waals surface area (Å²) in [6.45, 7) is 1.31. The van der Waals surface area contributed by atoms with Crippen LogP contribution in [-0.2, 0) is 16.4 Å². The van der Waals surface area contributed by atoms with Crippen LogP contribution in [0.15, 0.2) is 30.3 Å². The summed E-state index contributed by atoms with van der Waals surface area (Å²) in [5.74, 6) is -3.45. The summed E-state index contributed by atoms with van der Waals surface area (Å²) in [5, 5.41) is 5.87. The highest BCUT2D eigenvalue weighted by atomic mass is 35.5. The molecule has 214 valence electrons. The van der Waals surface area contributed by atoms with E-state index in [1.807, 2.05) is 4.90 Å². The van der Waals surface area contributed by atoms with E-state index >= 15 is 0 Å². The van der Waals surface area contributed by atoms with E-state index in [4.69, 9.17) is 11.6 Å². The van der Waals surface area contributed by atoms with Gasteiger partial charge in [0, 0.05) is 55.9 Å². The summed E-state index contributed by atoms with van der Waals surface area (Å²) in [6, 6.07) is 6.72. The molecule has 1 unspecified atom stereocenters. The fraction of sp³-hybridized carbons (Fsp3) is 0.480. The summed E-state index contributed by atoms with van der Waals surface area (Å²) in [7, 11) is -3.13. The Morgan fingerprint density at radius 1 is 1.05 bits per heavy atom. The molecule has 2 N–H and O–H groups in total. The molecular formula is C25H28ClF5N4O3S. The lowest BCUT2D eigenvalue weighted by atomic mass is 10.1. The molecule has 2 aromatic carbocycles. The van der Waals surface area contributed by atoms with Crippen molar-refractivity contribution >= 4 is 38.7 Å². The zero-order valence-corrected chi connectivity index (χ0v) is 22.4. The molecule has 2 aliphatic rings. The average Bonchev–Trinajstić information content (AvgIpc) is 3.23. The molecule has 0 spiro atoms. The first kappa shape index (κ1) is 29.5. The summed E-state index contributed by atoms with van der Waals surface area (Å²) >= 11 is 6.15. The Kier molecular flexibility index (Phi) is 9.04. The number of carbonyl (C=O) groups is 1. The number of hydrogen-bond donors (Lipinski definition) is 2. The third-order valence-electron chi connectivity index (χ3n) is 6.85. The van der Waals surface area contributed by atoms with Crippen molar-refractivity contribution in [2.75, 3.05) is 54.4 Å². The molecule has 7 nitrogen and oxygen atoms in total. The maximum atomic E-state index is 14.9. The lowest BCUT2D eigenvalue weighted by molar-refractivity contribution is -0.138. The largest absolute Gasteiger partial charge is 0.390 e. The van der Waals surface area contributed by atoms with E-state index < -0.39 is 45.5 Å². The number of nitrogens with zero attached hydrogens (tertiary/aromatic N) is 2. The average molecular weight is 595 g/mol. The number of carbonyl (C=O) groups excluding carboxylic acids is 1. The van der Waals surface area contributed by atoms with Gasteiger partial charge in [0.2, 0.25) is 0 Å². The predicted octanol–water partition coefficient (Wildman–Crippen LogP) is 4.22. The Balaban J connectivity index is 1.42. The number of halogens is 6. The first-order chi connectivity index (χ1) is 18.3. The Hall–Kier alpha value is -2.48. The SMILES string of the molecule is O=C(Nc1ccc(Cl)cc1N1CCN(CCC(F)(F)F)CC1)c1ccc(CNC2CCS(=O)(=O)C2)c(F)c1F. The number of benzene rings is 2. The zero-order valence-electron chi connectivity index (χ0n) is 20.8. The molecule has 0 aliphatic carbocycles. The van der Waals surface area contributed by atoms with Crippen LogP contribution in [0, 0.1) is 11.6 Å². The van der Waals surface area contributed by atoms with E-state index in [1.54, 1.807) is 11.0 Å². The van der Waals surface area contributed by atoms with Crippen LogP contribution in [0.2, 0.25) is 5.02 Å². The van der Waals surface area contributed by atoms with E-state index in [-0.39, 0.29) is 36.2 Å². The van der Waals surface area contributed by atoms with Crippen molar-refractivity contribution in [3.8, 4) is 0 Å². The van der Waals surface area contributed by atoms with Crippen LogP contribution >= 0.6 is 11.6 Å². The van der Waals surface area contributed by atoms with Gasteiger partial charge in [0.1, 0.15) is 0 Å². The Labute approximate surface area is 228 Å². The van der Waals surface area contributed by atoms with E-state index in [0.717, 1.165) is 6.07 Å². The van der Waals surface area contributed by atoms with E-state index in [1.165, 1.54) is 18.2 Å². The Morgan fingerprint density at radius 2 is 1.77 bits per heavy atom. The number of alkyl halides is 3. The highest BCUT2D eigenvalue weighted by Crippen LogP contribution is 2.31. The monoisotopic (exact) mass is 594 g/mol. The van der Waals surface area contributed by atoms with Crippen LogP contribution in [0.25, 0.3) is 0 Å². The number of sulfone groups is 1. The molecule has 1 atom stereocenters. The van der Waals surface area contributed by atoms with Gasteiger partial charge in [-0.25, -0.2) is 17.2 Å². The minimum atomic E-state index is -4.23. The van der Waals surface area contributed by atoms with Crippen molar-refractivity contribution in [3.05, 3.63) is 58.1 Å². The second kappa shape index (κ2) is 11.9. The molecular weight excluding hydrogens is 567 g/mol. The van der Waals surface area contributed by atoms with Crippen molar-refractivity contribution in [1.82, 2.24) is 10.2 Å². The molecule has 2 heterocycles. The normalized spacial score (nSPS) is 19.8. The summed E-state index contributed by atoms with van der Waals surface area (Å²) < 4.78 is 90.5. The van der Waals surface area contributed by atoms with Crippen LogP contribution in [0.3, 0.4) is 0 Å². The minimum absolute atomic E-state index is 0.0380. The second-order valence-corrected chi connectivity index (χ2v) is 12.4. The second-order valence-electron chi connectivity index (χ2n) is 9.69. The number of anilines is 2. The van der Waals surface area contributed by atoms with Crippen molar-refractivity contribution in [3.63, 3.8) is 0 Å². The topological polar surface area (TPSA) is 81.8 Å². The van der Waals surface area contributed by atoms with Crippen molar-refractivity contribution < 1.29 is 35.2 Å². The van der Waals surface area contributed by atoms with Gasteiger partial charge >= 0.3 is 6.18 Å². The molecule has 2 aromatic rings. The van der Waals surface area contributed by atoms with E-state index in [9.17, 15) is 35.2 Å². The van der Waals surface area contributed by atoms with E-state index in [0.29, 0.717) is 49.0 Å². The van der Waals surface area contributed by atoms with Gasteiger partial charge in [-0.2, -0.15) is 13.2 Å². The molecule has 0 saturated carbocycles. The molecule has 14 heteroatoms. The van der Waals surface area contributed by atoms with Crippen molar-refractivity contribution in [2.24, 2.45) is 0 Å². The van der Waals surface area contributed by atoms with Crippen LogP contribution in [0.5, 0.6) is 0 Å². The smallest absolute Gasteiger partial charge is 0.367 e. The van der Waals surface area contributed by atoms with Crippen LogP contribution in [0.1, 0.15) is 28.8 Å². The molecule has 2 fully saturated rings. The molecule has 1 amide bonds. The summed E-state index contributed by atoms with van der Waals surface area (Å²) in [5.41, 5.74) is 0.252. The quantitative estimate of drug-likeness (QED) is 0.446. The molecule has 2 aliphatic heterocycles. The molecule has 0 bridgehead atoms. The molecule has 2 saturated heterocycles. The fourth-order valence-corrected chi connectivity index (χ4v) is 6.54. The lowest BCUT2D eigenvalue weighted by Gasteiger charge is -2.37. The molecule has 0 radical (unpaired) electrons. The van der Waals surface area contributed by atoms with Gasteiger partial charge in [-0.05, 0) is 30.7 Å². The summed E-state index contributed by atoms with van der Waals surface area (Å²) in [4.78, 5) is 16.5. The van der Waals surface area contributed by atoms with Crippen molar-refractivity contribution in [1.29, 1.82) is 0 Å². The maximum Gasteiger partial charge on any atom is 0.390 e. The van der Waals surface area contributed by atoms with Crippen LogP contribution in [0.4, 0.5) is 33.3 Å². The number of amides is 1. The molecule has 4 rings (SSSR count). The summed E-state index contributed by atoms with van der Waals surface area (Å²) in [6.07, 6.45) is -4.74. The van der Waals surface area contributed by atoms with Gasteiger partial charge in [0.05, 0.1) is 34.9 Å². The lowest BCUT2D eigenvalue weighted by Crippen LogP contribution is -2.47. The van der Waals surface area contributed by atoms with Crippen LogP contribution < -0.4 is 15.5 Å². The van der Waals surface area contributed by atoms with Gasteiger partial charge < -0.3 is 15.5 Å². The van der Waals surface area contributed by atoms with Crippen molar-refractivity contribution in [2.45, 2.75) is 31.6 Å². The zero-order chi connectivity index (χ0) is 28.4. The van der Waals surface area contributed by atoms with Gasteiger partial charge in [-0.15, -0.1) is 0 Å². The first-order valence-corrected chi connectivity index (χ1v) is 14.6. The third kappa shape index (κ3) is 7.80. The third-order valence-corrected chi connectivity index (χ3v) is 8.86. The predicted molar refractivity (Wildman–Crippen MR) is 139 cm³/mol. The highest BCUT2D eigenvalue weighted by Gasteiger charge is 2.30. The first-order valence-electron chi connectivity index (χ1n) is 12.4. The van der Waals surface area contributed by atoms with Gasteiger partial charge in [0.15, 0.2) is 21.5 Å². The number of rotatable bonds is 8. The highest BCUT2D eigenvalue weighted by molar-refractivity contribution is 7.91. The Morgan fingerprint density at radius 3 is 2.41 bits per heavy atom. The number of piperazine rings is 1. The van der Waals surface area contributed by atoms with Gasteiger partial charge in [0.25, 0.3) is 5.91 Å². The minimum Gasteiger partial charge on any atom is -0.367 e. The number of nitrogens with one attached hydrogen (secondary N) is 2. The standard InChI is InChI=1S/C25H28ClF5N4O3S/c26-17-2-4-20(21(13-17)35-10-8-34(9-11-35)7-6-25(29,30)31)33-24(36)19-3-1-16(22(27)23(19)28)14-32-18-5-12-39(37,38)15-18/h1-4,13,18,32H,5-12,14-15H2,(H,33,36). The number of hydrogen-bond acceptors (Lipinski definition) is 6. The van der Waals surface area contributed by atoms with Gasteiger partial charge in [-0.3, -0.25) is 9.69 Å². The fourth-order valence-electron chi connectivity index (χ4n) is 4.67. The molecule has 0 aromatic heterocycles. The van der Waals surface area contributed by atoms with E-state index in [2.05, 4.69) is 10.6 Å². The van der Waals surface area contributed by atoms with Gasteiger partial charge in [-0.1, -0.05) is 17.7 Å².